The summed E-state index contributed by atoms with van der Waals surface area (Å²) in [5.41, 5.74) is 2.49. The minimum Gasteiger partial charge on any atom is -0.504 e. The first-order valence-corrected chi connectivity index (χ1v) is 6.27. The van der Waals surface area contributed by atoms with E-state index in [0.29, 0.717) is 21.8 Å². The van der Waals surface area contributed by atoms with E-state index in [1.165, 1.54) is 12.1 Å². The minimum absolute atomic E-state index is 0.202. The lowest BCUT2D eigenvalue weighted by molar-refractivity contribution is -0.110. The third-order valence-electron chi connectivity index (χ3n) is 3.08. The lowest BCUT2D eigenvalue weighted by Crippen LogP contribution is -2.03. The molecular weight excluding hydrogens is 278 g/mol. The maximum atomic E-state index is 12.0. The molecule has 3 N–H and O–H groups in total. The highest BCUT2D eigenvalue weighted by molar-refractivity contribution is 6.36. The van der Waals surface area contributed by atoms with Crippen molar-refractivity contribution >= 4 is 34.8 Å². The van der Waals surface area contributed by atoms with Gasteiger partial charge >= 0.3 is 0 Å². The zero-order valence-corrected chi connectivity index (χ0v) is 11.0. The molecule has 0 spiro atoms. The first-order valence-electron chi connectivity index (χ1n) is 5.89. The lowest BCUT2D eigenvalue weighted by atomic mass is 10.0. The van der Waals surface area contributed by atoms with Crippen LogP contribution in [0.4, 0.5) is 5.69 Å². The highest BCUT2D eigenvalue weighted by Crippen LogP contribution is 2.35. The van der Waals surface area contributed by atoms with Crippen LogP contribution in [-0.2, 0) is 4.79 Å². The number of halogens is 1. The summed E-state index contributed by atoms with van der Waals surface area (Å²) in [5, 5.41) is 22.0. The number of nitrogens with one attached hydrogen (secondary N) is 1. The molecule has 0 atom stereocenters. The van der Waals surface area contributed by atoms with Gasteiger partial charge in [-0.15, -0.1) is 0 Å². The summed E-state index contributed by atoms with van der Waals surface area (Å²) in [6.45, 7) is 0. The van der Waals surface area contributed by atoms with Gasteiger partial charge in [0.15, 0.2) is 11.5 Å². The Morgan fingerprint density at radius 2 is 1.85 bits per heavy atom. The summed E-state index contributed by atoms with van der Waals surface area (Å²) in [7, 11) is 0. The van der Waals surface area contributed by atoms with Gasteiger partial charge in [-0.1, -0.05) is 17.7 Å². The van der Waals surface area contributed by atoms with E-state index >= 15 is 0 Å². The van der Waals surface area contributed by atoms with E-state index in [0.717, 1.165) is 5.56 Å². The van der Waals surface area contributed by atoms with Crippen LogP contribution >= 0.6 is 11.6 Å². The van der Waals surface area contributed by atoms with Gasteiger partial charge in [-0.25, -0.2) is 0 Å². The Bertz CT molecular complexity index is 753. The number of amides is 1. The van der Waals surface area contributed by atoms with Crippen LogP contribution in [0.5, 0.6) is 11.5 Å². The van der Waals surface area contributed by atoms with E-state index < -0.39 is 0 Å². The normalized spacial score (nSPS) is 15.2. The zero-order valence-electron chi connectivity index (χ0n) is 10.2. The predicted octanol–water partition coefficient (Wildman–Crippen LogP) is 3.24. The molecule has 2 aromatic carbocycles. The second-order valence-corrected chi connectivity index (χ2v) is 4.89. The van der Waals surface area contributed by atoms with E-state index in [4.69, 9.17) is 11.6 Å². The zero-order chi connectivity index (χ0) is 14.3. The molecular formula is C15H10ClNO3. The highest BCUT2D eigenvalue weighted by atomic mass is 35.5. The number of phenols is 2. The number of carbonyl (C=O) groups excluding carboxylic acids is 1. The number of fused-ring (bicyclic) bond motifs is 1. The van der Waals surface area contributed by atoms with Gasteiger partial charge in [0.25, 0.3) is 5.91 Å². The first kappa shape index (κ1) is 12.6. The molecule has 3 rings (SSSR count). The van der Waals surface area contributed by atoms with Crippen molar-refractivity contribution in [2.45, 2.75) is 0 Å². The van der Waals surface area contributed by atoms with Crippen molar-refractivity contribution < 1.29 is 15.0 Å². The molecule has 100 valence electrons. The summed E-state index contributed by atoms with van der Waals surface area (Å²) in [6.07, 6.45) is 1.64. The number of phenolic OH excluding ortho intramolecular Hbond substituents is 2. The van der Waals surface area contributed by atoms with Crippen LogP contribution in [0, 0.1) is 0 Å². The van der Waals surface area contributed by atoms with Crippen molar-refractivity contribution in [3.05, 3.63) is 52.5 Å². The fraction of sp³-hybridized carbons (Fsp3) is 0. The van der Waals surface area contributed by atoms with Crippen LogP contribution < -0.4 is 5.32 Å². The molecule has 0 unspecified atom stereocenters. The standard InChI is InChI=1S/C15H10ClNO3/c16-9-2-3-12-10(7-9)11(15(20)17-12)5-8-1-4-13(18)14(19)6-8/h1-7,18-19H,(H,17,20)/b11-5-. The molecule has 0 fully saturated rings. The molecule has 0 saturated heterocycles. The van der Waals surface area contributed by atoms with Crippen molar-refractivity contribution in [2.75, 3.05) is 5.32 Å². The third kappa shape index (κ3) is 2.10. The molecule has 20 heavy (non-hydrogen) atoms. The predicted molar refractivity (Wildman–Crippen MR) is 77.7 cm³/mol. The summed E-state index contributed by atoms with van der Waals surface area (Å²) < 4.78 is 0. The molecule has 0 radical (unpaired) electrons. The summed E-state index contributed by atoms with van der Waals surface area (Å²) in [6, 6.07) is 9.52. The first-order chi connectivity index (χ1) is 9.54. The van der Waals surface area contributed by atoms with Crippen molar-refractivity contribution in [3.8, 4) is 11.5 Å². The Hall–Kier alpha value is -2.46. The Morgan fingerprint density at radius 1 is 1.05 bits per heavy atom. The minimum atomic E-state index is -0.232. The van der Waals surface area contributed by atoms with Gasteiger partial charge in [-0.2, -0.15) is 0 Å². The summed E-state index contributed by atoms with van der Waals surface area (Å²) in [5.74, 6) is -0.662. The van der Waals surface area contributed by atoms with Crippen LogP contribution in [0.3, 0.4) is 0 Å². The average Bonchev–Trinajstić information content (AvgIpc) is 2.70. The maximum absolute atomic E-state index is 12.0. The van der Waals surface area contributed by atoms with Crippen LogP contribution in [0.25, 0.3) is 11.6 Å². The molecule has 0 saturated carbocycles. The smallest absolute Gasteiger partial charge is 0.256 e. The van der Waals surface area contributed by atoms with Crippen LogP contribution in [0.15, 0.2) is 36.4 Å². The third-order valence-corrected chi connectivity index (χ3v) is 3.31. The molecule has 2 aromatic rings. The SMILES string of the molecule is O=C1Nc2ccc(Cl)cc2/C1=C/c1ccc(O)c(O)c1. The van der Waals surface area contributed by atoms with Crippen molar-refractivity contribution in [1.29, 1.82) is 0 Å². The number of anilines is 1. The number of rotatable bonds is 1. The summed E-state index contributed by atoms with van der Waals surface area (Å²) >= 11 is 5.95. The molecule has 5 heteroatoms. The number of hydrogen-bond acceptors (Lipinski definition) is 3. The van der Waals surface area contributed by atoms with Gasteiger partial charge in [0.05, 0.1) is 0 Å². The molecule has 1 aliphatic heterocycles. The van der Waals surface area contributed by atoms with Crippen molar-refractivity contribution in [2.24, 2.45) is 0 Å². The molecule has 4 nitrogen and oxygen atoms in total. The lowest BCUT2D eigenvalue weighted by Gasteiger charge is -2.01. The second kappa shape index (κ2) is 4.58. The summed E-state index contributed by atoms with van der Waals surface area (Å²) in [4.78, 5) is 12.0. The largest absolute Gasteiger partial charge is 0.504 e. The van der Waals surface area contributed by atoms with E-state index in [-0.39, 0.29) is 17.4 Å². The van der Waals surface area contributed by atoms with E-state index in [1.54, 1.807) is 30.3 Å². The molecule has 0 bridgehead atoms. The van der Waals surface area contributed by atoms with Gasteiger partial charge in [0.2, 0.25) is 0 Å². The Labute approximate surface area is 119 Å². The molecule has 0 aromatic heterocycles. The monoisotopic (exact) mass is 287 g/mol. The number of benzene rings is 2. The van der Waals surface area contributed by atoms with E-state index in [1.807, 2.05) is 0 Å². The van der Waals surface area contributed by atoms with Gasteiger partial charge in [-0.3, -0.25) is 4.79 Å². The van der Waals surface area contributed by atoms with Gasteiger partial charge in [-0.05, 0) is 42.0 Å². The number of hydrogen-bond donors (Lipinski definition) is 3. The van der Waals surface area contributed by atoms with Crippen LogP contribution in [0.1, 0.15) is 11.1 Å². The molecule has 1 heterocycles. The fourth-order valence-electron chi connectivity index (χ4n) is 2.10. The molecule has 0 aliphatic carbocycles. The van der Waals surface area contributed by atoms with Crippen molar-refractivity contribution in [1.82, 2.24) is 0 Å². The number of aromatic hydroxyl groups is 2. The van der Waals surface area contributed by atoms with E-state index in [9.17, 15) is 15.0 Å². The van der Waals surface area contributed by atoms with E-state index in [2.05, 4.69) is 5.32 Å². The second-order valence-electron chi connectivity index (χ2n) is 4.45. The van der Waals surface area contributed by atoms with Gasteiger partial charge in [0, 0.05) is 21.8 Å². The maximum Gasteiger partial charge on any atom is 0.256 e. The Morgan fingerprint density at radius 3 is 2.60 bits per heavy atom. The van der Waals surface area contributed by atoms with Crippen LogP contribution in [-0.4, -0.2) is 16.1 Å². The molecule has 1 aliphatic rings. The van der Waals surface area contributed by atoms with Gasteiger partial charge < -0.3 is 15.5 Å². The Kier molecular flexibility index (Phi) is 2.88. The highest BCUT2D eigenvalue weighted by Gasteiger charge is 2.24. The number of carbonyl (C=O) groups is 1. The quantitative estimate of drug-likeness (QED) is 0.557. The average molecular weight is 288 g/mol. The molecule has 1 amide bonds. The van der Waals surface area contributed by atoms with Crippen LogP contribution in [0.2, 0.25) is 5.02 Å². The topological polar surface area (TPSA) is 69.6 Å². The fourth-order valence-corrected chi connectivity index (χ4v) is 2.27. The van der Waals surface area contributed by atoms with Crippen molar-refractivity contribution in [3.63, 3.8) is 0 Å². The Balaban J connectivity index is 2.10. The van der Waals surface area contributed by atoms with Gasteiger partial charge in [0.1, 0.15) is 0 Å².